The zero-order valence-electron chi connectivity index (χ0n) is 9.64. The fraction of sp³-hybridized carbons (Fsp3) is 0.455. The second kappa shape index (κ2) is 5.58. The zero-order chi connectivity index (χ0) is 13.3. The Morgan fingerprint density at radius 3 is 2.72 bits per heavy atom. The average molecular weight is 398 g/mol. The second-order valence-corrected chi connectivity index (χ2v) is 8.02. The van der Waals surface area contributed by atoms with E-state index in [1.54, 1.807) is 18.2 Å². The van der Waals surface area contributed by atoms with Gasteiger partial charge < -0.3 is 5.73 Å². The van der Waals surface area contributed by atoms with E-state index in [0.29, 0.717) is 17.6 Å². The van der Waals surface area contributed by atoms with E-state index in [1.165, 1.54) is 4.31 Å². The van der Waals surface area contributed by atoms with Crippen LogP contribution in [-0.2, 0) is 10.0 Å². The SMILES string of the molecule is NC1CCCN(S(=O)(=O)c2cc(Br)ccc2Br)C1. The van der Waals surface area contributed by atoms with E-state index < -0.39 is 10.0 Å². The number of rotatable bonds is 2. The zero-order valence-corrected chi connectivity index (χ0v) is 13.6. The fourth-order valence-electron chi connectivity index (χ4n) is 2.01. The number of nitrogens with zero attached hydrogens (tertiary/aromatic N) is 1. The summed E-state index contributed by atoms with van der Waals surface area (Å²) < 4.78 is 27.8. The van der Waals surface area contributed by atoms with Crippen molar-refractivity contribution in [1.82, 2.24) is 4.31 Å². The van der Waals surface area contributed by atoms with Gasteiger partial charge in [0.1, 0.15) is 0 Å². The molecule has 1 heterocycles. The van der Waals surface area contributed by atoms with Crippen LogP contribution in [0.5, 0.6) is 0 Å². The molecule has 0 bridgehead atoms. The van der Waals surface area contributed by atoms with Gasteiger partial charge in [0.15, 0.2) is 0 Å². The molecule has 1 aliphatic rings. The van der Waals surface area contributed by atoms with Crippen LogP contribution >= 0.6 is 31.9 Å². The Hall–Kier alpha value is 0.0500. The van der Waals surface area contributed by atoms with Crippen LogP contribution in [0.1, 0.15) is 12.8 Å². The van der Waals surface area contributed by atoms with Crippen molar-refractivity contribution >= 4 is 41.9 Å². The lowest BCUT2D eigenvalue weighted by molar-refractivity contribution is 0.316. The number of piperidine rings is 1. The van der Waals surface area contributed by atoms with Gasteiger partial charge >= 0.3 is 0 Å². The summed E-state index contributed by atoms with van der Waals surface area (Å²) in [5, 5.41) is 0. The minimum absolute atomic E-state index is 0.0700. The summed E-state index contributed by atoms with van der Waals surface area (Å²) >= 11 is 6.59. The number of hydrogen-bond donors (Lipinski definition) is 1. The van der Waals surface area contributed by atoms with E-state index in [4.69, 9.17) is 5.73 Å². The largest absolute Gasteiger partial charge is 0.327 e. The molecule has 100 valence electrons. The maximum Gasteiger partial charge on any atom is 0.244 e. The molecule has 2 N–H and O–H groups in total. The summed E-state index contributed by atoms with van der Waals surface area (Å²) in [4.78, 5) is 0.283. The molecule has 1 saturated heterocycles. The smallest absolute Gasteiger partial charge is 0.244 e. The predicted octanol–water partition coefficient (Wildman–Crippen LogP) is 2.32. The molecule has 1 aromatic rings. The van der Waals surface area contributed by atoms with Crippen LogP contribution in [0.15, 0.2) is 32.0 Å². The molecular formula is C11H14Br2N2O2S. The third kappa shape index (κ3) is 2.96. The van der Waals surface area contributed by atoms with Crippen molar-refractivity contribution in [3.05, 3.63) is 27.1 Å². The van der Waals surface area contributed by atoms with Gasteiger partial charge in [-0.1, -0.05) is 15.9 Å². The third-order valence-corrected chi connectivity index (χ3v) is 6.28. The Morgan fingerprint density at radius 1 is 1.33 bits per heavy atom. The van der Waals surface area contributed by atoms with Gasteiger partial charge in [-0.25, -0.2) is 8.42 Å². The molecule has 2 rings (SSSR count). The van der Waals surface area contributed by atoms with Crippen LogP contribution in [0.4, 0.5) is 0 Å². The van der Waals surface area contributed by atoms with Gasteiger partial charge in [0.2, 0.25) is 10.0 Å². The number of halogens is 2. The van der Waals surface area contributed by atoms with Crippen LogP contribution < -0.4 is 5.73 Å². The van der Waals surface area contributed by atoms with Gasteiger partial charge in [-0.3, -0.25) is 0 Å². The van der Waals surface area contributed by atoms with Crippen molar-refractivity contribution in [3.63, 3.8) is 0 Å². The van der Waals surface area contributed by atoms with Gasteiger partial charge in [0, 0.05) is 28.1 Å². The first-order valence-corrected chi connectivity index (χ1v) is 8.64. The minimum Gasteiger partial charge on any atom is -0.327 e. The summed E-state index contributed by atoms with van der Waals surface area (Å²) in [6, 6.07) is 5.06. The molecule has 1 fully saturated rings. The number of hydrogen-bond acceptors (Lipinski definition) is 3. The molecule has 4 nitrogen and oxygen atoms in total. The Bertz CT molecular complexity index is 548. The molecule has 0 aromatic heterocycles. The van der Waals surface area contributed by atoms with E-state index >= 15 is 0 Å². The highest BCUT2D eigenvalue weighted by Gasteiger charge is 2.30. The fourth-order valence-corrected chi connectivity index (χ4v) is 5.00. The Kier molecular flexibility index (Phi) is 4.48. The summed E-state index contributed by atoms with van der Waals surface area (Å²) in [5.41, 5.74) is 5.84. The molecule has 1 aliphatic heterocycles. The van der Waals surface area contributed by atoms with Crippen LogP contribution in [0.3, 0.4) is 0 Å². The van der Waals surface area contributed by atoms with Crippen LogP contribution in [0, 0.1) is 0 Å². The van der Waals surface area contributed by atoms with Gasteiger partial charge in [0.05, 0.1) is 4.90 Å². The van der Waals surface area contributed by atoms with Gasteiger partial charge in [-0.05, 0) is 47.0 Å². The maximum absolute atomic E-state index is 12.5. The Morgan fingerprint density at radius 2 is 2.06 bits per heavy atom. The standard InChI is InChI=1S/C11H14Br2N2O2S/c12-8-3-4-10(13)11(6-8)18(16,17)15-5-1-2-9(14)7-15/h3-4,6,9H,1-2,5,7,14H2. The van der Waals surface area contributed by atoms with E-state index in [2.05, 4.69) is 31.9 Å². The molecule has 7 heteroatoms. The number of nitrogens with two attached hydrogens (primary N) is 1. The van der Waals surface area contributed by atoms with Crippen LogP contribution in [-0.4, -0.2) is 31.9 Å². The van der Waals surface area contributed by atoms with Crippen molar-refractivity contribution in [2.45, 2.75) is 23.8 Å². The average Bonchev–Trinajstić information content (AvgIpc) is 2.32. The summed E-state index contributed by atoms with van der Waals surface area (Å²) in [6.07, 6.45) is 1.69. The molecule has 0 amide bonds. The van der Waals surface area contributed by atoms with Crippen LogP contribution in [0.2, 0.25) is 0 Å². The number of benzene rings is 1. The molecule has 0 radical (unpaired) electrons. The molecule has 1 unspecified atom stereocenters. The topological polar surface area (TPSA) is 63.4 Å². The first kappa shape index (κ1) is 14.5. The van der Waals surface area contributed by atoms with E-state index in [1.807, 2.05) is 0 Å². The maximum atomic E-state index is 12.5. The summed E-state index contributed by atoms with van der Waals surface area (Å²) in [6.45, 7) is 0.927. The highest BCUT2D eigenvalue weighted by atomic mass is 79.9. The Labute approximate surface area is 124 Å². The molecule has 1 aromatic carbocycles. The summed E-state index contributed by atoms with van der Waals surface area (Å²) in [7, 11) is -3.47. The highest BCUT2D eigenvalue weighted by molar-refractivity contribution is 9.11. The lowest BCUT2D eigenvalue weighted by Gasteiger charge is -2.30. The van der Waals surface area contributed by atoms with E-state index in [0.717, 1.165) is 17.3 Å². The van der Waals surface area contributed by atoms with Gasteiger partial charge in [-0.15, -0.1) is 0 Å². The van der Waals surface area contributed by atoms with Gasteiger partial charge in [0.25, 0.3) is 0 Å². The van der Waals surface area contributed by atoms with E-state index in [9.17, 15) is 8.42 Å². The normalized spacial score (nSPS) is 22.1. The lowest BCUT2D eigenvalue weighted by atomic mass is 10.1. The Balaban J connectivity index is 2.38. The van der Waals surface area contributed by atoms with Gasteiger partial charge in [-0.2, -0.15) is 4.31 Å². The molecule has 1 atom stereocenters. The monoisotopic (exact) mass is 396 g/mol. The first-order chi connectivity index (χ1) is 8.41. The molecule has 0 aliphatic carbocycles. The molecule has 0 saturated carbocycles. The first-order valence-electron chi connectivity index (χ1n) is 5.62. The van der Waals surface area contributed by atoms with Crippen LogP contribution in [0.25, 0.3) is 0 Å². The summed E-state index contributed by atoms with van der Waals surface area (Å²) in [5.74, 6) is 0. The highest BCUT2D eigenvalue weighted by Crippen LogP contribution is 2.29. The van der Waals surface area contributed by atoms with Crippen molar-refractivity contribution < 1.29 is 8.42 Å². The van der Waals surface area contributed by atoms with Crippen molar-refractivity contribution in [3.8, 4) is 0 Å². The molecule has 0 spiro atoms. The quantitative estimate of drug-likeness (QED) is 0.832. The predicted molar refractivity (Wildman–Crippen MR) is 77.8 cm³/mol. The number of sulfonamides is 1. The van der Waals surface area contributed by atoms with Crippen molar-refractivity contribution in [2.24, 2.45) is 5.73 Å². The third-order valence-electron chi connectivity index (χ3n) is 2.93. The van der Waals surface area contributed by atoms with Crippen molar-refractivity contribution in [1.29, 1.82) is 0 Å². The second-order valence-electron chi connectivity index (χ2n) is 4.34. The van der Waals surface area contributed by atoms with Crippen molar-refractivity contribution in [2.75, 3.05) is 13.1 Å². The molecular weight excluding hydrogens is 384 g/mol. The minimum atomic E-state index is -3.47. The van der Waals surface area contributed by atoms with E-state index in [-0.39, 0.29) is 10.9 Å². The molecule has 18 heavy (non-hydrogen) atoms. The lowest BCUT2D eigenvalue weighted by Crippen LogP contribution is -2.45.